The first-order chi connectivity index (χ1) is 18.7. The summed E-state index contributed by atoms with van der Waals surface area (Å²) in [6, 6.07) is 6.85. The Balaban J connectivity index is 1.40. The molecule has 1 atom stereocenters. The molecule has 210 valence electrons. The number of piperidine rings is 1. The number of pyridine rings is 1. The summed E-state index contributed by atoms with van der Waals surface area (Å²) >= 11 is 0. The summed E-state index contributed by atoms with van der Waals surface area (Å²) in [7, 11) is 1.57. The number of methoxy groups -OCH3 is 1. The molecule has 4 rings (SSSR count). The number of fused-ring (bicyclic) bond motifs is 1. The van der Waals surface area contributed by atoms with Gasteiger partial charge >= 0.3 is 0 Å². The first kappa shape index (κ1) is 28.8. The predicted molar refractivity (Wildman–Crippen MR) is 140 cm³/mol. The zero-order valence-corrected chi connectivity index (χ0v) is 22.1. The van der Waals surface area contributed by atoms with Crippen LogP contribution in [0.5, 0.6) is 5.75 Å². The predicted octanol–water partition coefficient (Wildman–Crippen LogP) is 5.00. The number of hydroxylamine groups is 1. The standard InChI is InChI=1S/C29H34F3N3O4/c1-18-17-33-25-6-5-20(39-2)16-22(25)27(18)26(36)7-8-29(28(37)34-38)9-12-35(13-10-29)11-3-4-21-23(31)14-19(30)15-24(21)32/h5-6,14-17,26,36,38H,3-4,7-13H2,1-2H3,(H,34,37). The maximum Gasteiger partial charge on any atom is 0.249 e. The fourth-order valence-electron chi connectivity index (χ4n) is 5.62. The minimum atomic E-state index is -0.944. The Hall–Kier alpha value is -3.21. The number of carbonyl (C=O) groups excluding carboxylic acids is 1. The van der Waals surface area contributed by atoms with Crippen molar-refractivity contribution in [3.63, 3.8) is 0 Å². The van der Waals surface area contributed by atoms with Gasteiger partial charge in [0.05, 0.1) is 24.1 Å². The molecule has 39 heavy (non-hydrogen) atoms. The Morgan fingerprint density at radius 2 is 1.87 bits per heavy atom. The zero-order valence-electron chi connectivity index (χ0n) is 22.1. The Kier molecular flexibility index (Phi) is 9.09. The van der Waals surface area contributed by atoms with Gasteiger partial charge in [-0.1, -0.05) is 0 Å². The molecule has 2 heterocycles. The summed E-state index contributed by atoms with van der Waals surface area (Å²) in [5.41, 5.74) is 3.10. The van der Waals surface area contributed by atoms with Crippen molar-refractivity contribution in [2.75, 3.05) is 26.7 Å². The molecule has 0 radical (unpaired) electrons. The summed E-state index contributed by atoms with van der Waals surface area (Å²) < 4.78 is 46.4. The summed E-state index contributed by atoms with van der Waals surface area (Å²) in [5, 5.41) is 21.5. The normalized spacial score (nSPS) is 16.3. The number of hydrogen-bond donors (Lipinski definition) is 3. The van der Waals surface area contributed by atoms with Crippen LogP contribution in [0.3, 0.4) is 0 Å². The summed E-state index contributed by atoms with van der Waals surface area (Å²) in [5.74, 6) is -2.56. The van der Waals surface area contributed by atoms with Crippen LogP contribution in [0, 0.1) is 29.8 Å². The molecule has 7 nitrogen and oxygen atoms in total. The molecule has 0 saturated carbocycles. The molecule has 3 N–H and O–H groups in total. The average molecular weight is 546 g/mol. The van der Waals surface area contributed by atoms with Crippen molar-refractivity contribution >= 4 is 16.8 Å². The second kappa shape index (κ2) is 12.3. The lowest BCUT2D eigenvalue weighted by Gasteiger charge is -2.40. The first-order valence-electron chi connectivity index (χ1n) is 13.1. The Labute approximate surface area is 225 Å². The van der Waals surface area contributed by atoms with Gasteiger partial charge in [-0.25, -0.2) is 18.7 Å². The van der Waals surface area contributed by atoms with Crippen molar-refractivity contribution in [3.05, 3.63) is 70.7 Å². The number of halogens is 3. The lowest BCUT2D eigenvalue weighted by atomic mass is 9.73. The number of nitrogens with one attached hydrogen (secondary N) is 1. The third-order valence-electron chi connectivity index (χ3n) is 7.95. The number of likely N-dealkylation sites (tertiary alicyclic amines) is 1. The number of hydrogen-bond acceptors (Lipinski definition) is 6. The lowest BCUT2D eigenvalue weighted by molar-refractivity contribution is -0.143. The van der Waals surface area contributed by atoms with E-state index in [-0.39, 0.29) is 12.0 Å². The highest BCUT2D eigenvalue weighted by Crippen LogP contribution is 2.40. The summed E-state index contributed by atoms with van der Waals surface area (Å²) in [6.07, 6.45) is 3.02. The van der Waals surface area contributed by atoms with Crippen molar-refractivity contribution in [2.45, 2.75) is 51.6 Å². The van der Waals surface area contributed by atoms with Crippen molar-refractivity contribution in [3.8, 4) is 5.75 Å². The molecule has 0 spiro atoms. The molecule has 1 aliphatic heterocycles. The van der Waals surface area contributed by atoms with Gasteiger partial charge in [-0.3, -0.25) is 15.0 Å². The molecule has 3 aromatic rings. The number of aryl methyl sites for hydroxylation is 1. The van der Waals surface area contributed by atoms with Gasteiger partial charge in [-0.2, -0.15) is 0 Å². The van der Waals surface area contributed by atoms with E-state index >= 15 is 0 Å². The van der Waals surface area contributed by atoms with Crippen molar-refractivity contribution in [1.82, 2.24) is 15.4 Å². The van der Waals surface area contributed by atoms with Crippen LogP contribution in [-0.4, -0.2) is 52.8 Å². The number of amides is 1. The van der Waals surface area contributed by atoms with E-state index in [1.807, 2.05) is 30.6 Å². The quantitative estimate of drug-likeness (QED) is 0.245. The molecule has 1 unspecified atom stereocenters. The van der Waals surface area contributed by atoms with E-state index in [1.54, 1.807) is 13.3 Å². The number of aliphatic hydroxyl groups excluding tert-OH is 1. The topological polar surface area (TPSA) is 94.9 Å². The van der Waals surface area contributed by atoms with Crippen LogP contribution in [0.15, 0.2) is 36.5 Å². The Morgan fingerprint density at radius 3 is 2.51 bits per heavy atom. The number of nitrogens with zero attached hydrogens (tertiary/aromatic N) is 2. The van der Waals surface area contributed by atoms with Gasteiger partial charge in [0, 0.05) is 29.3 Å². The lowest BCUT2D eigenvalue weighted by Crippen LogP contribution is -2.48. The van der Waals surface area contributed by atoms with Crippen molar-refractivity contribution < 1.29 is 33.0 Å². The van der Waals surface area contributed by atoms with Gasteiger partial charge in [-0.05, 0) is 94.4 Å². The molecular formula is C29H34F3N3O4. The van der Waals surface area contributed by atoms with E-state index in [0.29, 0.717) is 69.6 Å². The SMILES string of the molecule is COc1ccc2ncc(C)c(C(O)CCC3(C(=O)NO)CCN(CCCc4c(F)cc(F)cc4F)CC3)c2c1. The minimum Gasteiger partial charge on any atom is -0.497 e. The largest absolute Gasteiger partial charge is 0.497 e. The van der Waals surface area contributed by atoms with Crippen LogP contribution in [0.2, 0.25) is 0 Å². The monoisotopic (exact) mass is 545 g/mol. The van der Waals surface area contributed by atoms with Crippen LogP contribution in [0.4, 0.5) is 13.2 Å². The maximum absolute atomic E-state index is 13.9. The zero-order chi connectivity index (χ0) is 28.2. The van der Waals surface area contributed by atoms with Crippen LogP contribution in [0.25, 0.3) is 10.9 Å². The number of carbonyl (C=O) groups is 1. The molecule has 0 bridgehead atoms. The van der Waals surface area contributed by atoms with E-state index in [4.69, 9.17) is 4.74 Å². The van der Waals surface area contributed by atoms with Gasteiger partial charge in [0.1, 0.15) is 23.2 Å². The van der Waals surface area contributed by atoms with E-state index in [1.165, 1.54) is 0 Å². The average Bonchev–Trinajstić information content (AvgIpc) is 2.93. The highest BCUT2D eigenvalue weighted by atomic mass is 19.1. The molecule has 1 aromatic heterocycles. The molecule has 0 aliphatic carbocycles. The van der Waals surface area contributed by atoms with Gasteiger partial charge in [0.25, 0.3) is 0 Å². The molecule has 1 saturated heterocycles. The van der Waals surface area contributed by atoms with E-state index < -0.39 is 34.9 Å². The third kappa shape index (κ3) is 6.34. The third-order valence-corrected chi connectivity index (χ3v) is 7.95. The van der Waals surface area contributed by atoms with E-state index in [0.717, 1.165) is 22.0 Å². The molecular weight excluding hydrogens is 511 g/mol. The number of aliphatic hydroxyl groups is 1. The maximum atomic E-state index is 13.9. The molecule has 10 heteroatoms. The van der Waals surface area contributed by atoms with Gasteiger partial charge in [0.2, 0.25) is 5.91 Å². The van der Waals surface area contributed by atoms with Crippen molar-refractivity contribution in [2.24, 2.45) is 5.41 Å². The fraction of sp³-hybridized carbons (Fsp3) is 0.448. The smallest absolute Gasteiger partial charge is 0.249 e. The number of aromatic nitrogens is 1. The van der Waals surface area contributed by atoms with E-state index in [2.05, 4.69) is 9.88 Å². The van der Waals surface area contributed by atoms with Crippen LogP contribution < -0.4 is 10.2 Å². The second-order valence-electron chi connectivity index (χ2n) is 10.3. The van der Waals surface area contributed by atoms with Crippen LogP contribution >= 0.6 is 0 Å². The number of ether oxygens (including phenoxy) is 1. The number of rotatable bonds is 10. The van der Waals surface area contributed by atoms with Gasteiger partial charge in [-0.15, -0.1) is 0 Å². The Bertz CT molecular complexity index is 1310. The number of benzene rings is 2. The fourth-order valence-corrected chi connectivity index (χ4v) is 5.62. The second-order valence-corrected chi connectivity index (χ2v) is 10.3. The van der Waals surface area contributed by atoms with Crippen LogP contribution in [-0.2, 0) is 11.2 Å². The summed E-state index contributed by atoms with van der Waals surface area (Å²) in [4.78, 5) is 19.4. The first-order valence-corrected chi connectivity index (χ1v) is 13.1. The molecule has 1 aliphatic rings. The van der Waals surface area contributed by atoms with Crippen LogP contribution in [0.1, 0.15) is 54.9 Å². The minimum absolute atomic E-state index is 0.132. The van der Waals surface area contributed by atoms with Crippen molar-refractivity contribution in [1.29, 1.82) is 0 Å². The molecule has 1 fully saturated rings. The Morgan fingerprint density at radius 1 is 1.18 bits per heavy atom. The molecule has 1 amide bonds. The molecule has 2 aromatic carbocycles. The summed E-state index contributed by atoms with van der Waals surface area (Å²) in [6.45, 7) is 3.53. The van der Waals surface area contributed by atoms with Gasteiger partial charge in [0.15, 0.2) is 0 Å². The van der Waals surface area contributed by atoms with E-state index in [9.17, 15) is 28.3 Å². The highest BCUT2D eigenvalue weighted by Gasteiger charge is 2.41. The van der Waals surface area contributed by atoms with Gasteiger partial charge < -0.3 is 14.7 Å². The highest BCUT2D eigenvalue weighted by molar-refractivity contribution is 5.85.